The predicted octanol–water partition coefficient (Wildman–Crippen LogP) is 3.68. The van der Waals surface area contributed by atoms with E-state index in [2.05, 4.69) is 70.0 Å². The van der Waals surface area contributed by atoms with Crippen molar-refractivity contribution in [2.45, 2.75) is 51.2 Å². The third-order valence-corrected chi connectivity index (χ3v) is 5.23. The standard InChI is InChI=1S/C17H27NO/c1-6-19-17(4)15(14-10-8-7-9-11-14)12-13-18(5)16(17,2)3/h7-11,15H,6,12-13H2,1-5H3. The van der Waals surface area contributed by atoms with Crippen LogP contribution >= 0.6 is 0 Å². The van der Waals surface area contributed by atoms with Crippen LogP contribution in [0.3, 0.4) is 0 Å². The van der Waals surface area contributed by atoms with Crippen molar-refractivity contribution in [3.05, 3.63) is 35.9 Å². The summed E-state index contributed by atoms with van der Waals surface area (Å²) in [5, 5.41) is 0. The highest BCUT2D eigenvalue weighted by Gasteiger charge is 2.53. The average Bonchev–Trinajstić information content (AvgIpc) is 2.38. The minimum Gasteiger partial charge on any atom is -0.373 e. The van der Waals surface area contributed by atoms with Crippen LogP contribution in [0.25, 0.3) is 0 Å². The van der Waals surface area contributed by atoms with E-state index in [4.69, 9.17) is 4.74 Å². The number of hydrogen-bond acceptors (Lipinski definition) is 2. The molecule has 1 aromatic rings. The van der Waals surface area contributed by atoms with E-state index in [1.165, 1.54) is 5.56 Å². The van der Waals surface area contributed by atoms with Crippen molar-refractivity contribution in [2.24, 2.45) is 0 Å². The van der Waals surface area contributed by atoms with Gasteiger partial charge in [-0.15, -0.1) is 0 Å². The summed E-state index contributed by atoms with van der Waals surface area (Å²) < 4.78 is 6.28. The molecule has 0 saturated carbocycles. The molecular formula is C17H27NO. The fraction of sp³-hybridized carbons (Fsp3) is 0.647. The molecule has 1 aromatic carbocycles. The predicted molar refractivity (Wildman–Crippen MR) is 80.5 cm³/mol. The number of piperidine rings is 1. The molecule has 0 amide bonds. The number of hydrogen-bond donors (Lipinski definition) is 0. The Kier molecular flexibility index (Phi) is 4.03. The van der Waals surface area contributed by atoms with Crippen molar-refractivity contribution in [3.63, 3.8) is 0 Å². The van der Waals surface area contributed by atoms with Crippen LogP contribution in [0.1, 0.15) is 45.6 Å². The smallest absolute Gasteiger partial charge is 0.0900 e. The Hall–Kier alpha value is -0.860. The Morgan fingerprint density at radius 3 is 2.42 bits per heavy atom. The van der Waals surface area contributed by atoms with Gasteiger partial charge in [0.05, 0.1) is 5.60 Å². The molecule has 0 radical (unpaired) electrons. The maximum atomic E-state index is 6.28. The van der Waals surface area contributed by atoms with E-state index >= 15 is 0 Å². The minimum absolute atomic E-state index is 0.0295. The number of nitrogens with zero attached hydrogens (tertiary/aromatic N) is 1. The van der Waals surface area contributed by atoms with Gasteiger partial charge >= 0.3 is 0 Å². The lowest BCUT2D eigenvalue weighted by Crippen LogP contribution is -2.65. The van der Waals surface area contributed by atoms with Crippen molar-refractivity contribution in [1.29, 1.82) is 0 Å². The number of likely N-dealkylation sites (N-methyl/N-ethyl adjacent to an activating group) is 1. The zero-order chi connectivity index (χ0) is 14.1. The van der Waals surface area contributed by atoms with Crippen molar-refractivity contribution < 1.29 is 4.74 Å². The van der Waals surface area contributed by atoms with Gasteiger partial charge in [-0.3, -0.25) is 4.90 Å². The molecule has 2 nitrogen and oxygen atoms in total. The Morgan fingerprint density at radius 1 is 1.21 bits per heavy atom. The second kappa shape index (κ2) is 5.26. The number of benzene rings is 1. The number of likely N-dealkylation sites (tertiary alicyclic amines) is 1. The monoisotopic (exact) mass is 261 g/mol. The molecule has 0 N–H and O–H groups in total. The van der Waals surface area contributed by atoms with Gasteiger partial charge in [-0.1, -0.05) is 30.3 Å². The third kappa shape index (κ3) is 2.32. The van der Waals surface area contributed by atoms with Crippen LogP contribution in [0.2, 0.25) is 0 Å². The van der Waals surface area contributed by atoms with Gasteiger partial charge in [0, 0.05) is 18.1 Å². The maximum Gasteiger partial charge on any atom is 0.0900 e. The summed E-state index contributed by atoms with van der Waals surface area (Å²) in [4.78, 5) is 2.43. The van der Waals surface area contributed by atoms with Gasteiger partial charge in [-0.2, -0.15) is 0 Å². The fourth-order valence-electron chi connectivity index (χ4n) is 3.43. The van der Waals surface area contributed by atoms with Crippen molar-refractivity contribution in [3.8, 4) is 0 Å². The lowest BCUT2D eigenvalue weighted by molar-refractivity contribution is -0.159. The van der Waals surface area contributed by atoms with Crippen LogP contribution in [0.15, 0.2) is 30.3 Å². The highest BCUT2D eigenvalue weighted by atomic mass is 16.5. The molecule has 1 saturated heterocycles. The summed E-state index contributed by atoms with van der Waals surface area (Å²) in [5.74, 6) is 0.458. The largest absolute Gasteiger partial charge is 0.373 e. The first kappa shape index (κ1) is 14.5. The van der Waals surface area contributed by atoms with E-state index in [1.807, 2.05) is 0 Å². The molecule has 19 heavy (non-hydrogen) atoms. The van der Waals surface area contributed by atoms with Crippen LogP contribution < -0.4 is 0 Å². The zero-order valence-electron chi connectivity index (χ0n) is 12.9. The molecule has 1 aliphatic rings. The van der Waals surface area contributed by atoms with E-state index in [1.54, 1.807) is 0 Å². The molecule has 0 bridgehead atoms. The van der Waals surface area contributed by atoms with Crippen molar-refractivity contribution in [2.75, 3.05) is 20.2 Å². The minimum atomic E-state index is -0.157. The first-order valence-electron chi connectivity index (χ1n) is 7.33. The van der Waals surface area contributed by atoms with Gasteiger partial charge in [0.1, 0.15) is 0 Å². The summed E-state index contributed by atoms with van der Waals surface area (Å²) in [5.41, 5.74) is 1.28. The lowest BCUT2D eigenvalue weighted by atomic mass is 9.66. The molecule has 0 aromatic heterocycles. The number of rotatable bonds is 3. The highest BCUT2D eigenvalue weighted by Crippen LogP contribution is 2.47. The summed E-state index contributed by atoms with van der Waals surface area (Å²) in [6.07, 6.45) is 1.15. The number of ether oxygens (including phenoxy) is 1. The molecule has 2 atom stereocenters. The van der Waals surface area contributed by atoms with Crippen LogP contribution in [-0.4, -0.2) is 36.2 Å². The van der Waals surface area contributed by atoms with Crippen LogP contribution in [0, 0.1) is 0 Å². The van der Waals surface area contributed by atoms with E-state index in [0.717, 1.165) is 19.6 Å². The van der Waals surface area contributed by atoms with Gasteiger partial charge in [-0.25, -0.2) is 0 Å². The molecule has 1 fully saturated rings. The maximum absolute atomic E-state index is 6.28. The van der Waals surface area contributed by atoms with Crippen molar-refractivity contribution in [1.82, 2.24) is 4.90 Å². The van der Waals surface area contributed by atoms with Gasteiger partial charge in [-0.05, 0) is 53.3 Å². The fourth-order valence-corrected chi connectivity index (χ4v) is 3.43. The molecule has 1 aliphatic heterocycles. The summed E-state index contributed by atoms with van der Waals surface area (Å²) in [6, 6.07) is 10.8. The zero-order valence-corrected chi connectivity index (χ0v) is 12.9. The highest BCUT2D eigenvalue weighted by molar-refractivity contribution is 5.27. The van der Waals surface area contributed by atoms with E-state index in [-0.39, 0.29) is 11.1 Å². The Balaban J connectivity index is 2.42. The normalized spacial score (nSPS) is 31.3. The molecule has 0 spiro atoms. The molecule has 106 valence electrons. The van der Waals surface area contributed by atoms with Gasteiger partial charge in [0.15, 0.2) is 0 Å². The molecule has 2 rings (SSSR count). The quantitative estimate of drug-likeness (QED) is 0.823. The van der Waals surface area contributed by atoms with E-state index in [9.17, 15) is 0 Å². The third-order valence-electron chi connectivity index (χ3n) is 5.23. The van der Waals surface area contributed by atoms with Crippen molar-refractivity contribution >= 4 is 0 Å². The molecule has 2 unspecified atom stereocenters. The molecular weight excluding hydrogens is 234 g/mol. The lowest BCUT2D eigenvalue weighted by Gasteiger charge is -2.57. The van der Waals surface area contributed by atoms with Gasteiger partial charge < -0.3 is 4.74 Å². The second-order valence-electron chi connectivity index (χ2n) is 6.27. The average molecular weight is 261 g/mol. The molecule has 1 heterocycles. The first-order chi connectivity index (χ1) is 8.93. The Bertz CT molecular complexity index is 415. The Morgan fingerprint density at radius 2 is 1.84 bits per heavy atom. The van der Waals surface area contributed by atoms with Gasteiger partial charge in [0.2, 0.25) is 0 Å². The summed E-state index contributed by atoms with van der Waals surface area (Å²) >= 11 is 0. The van der Waals surface area contributed by atoms with Crippen LogP contribution in [0.5, 0.6) is 0 Å². The first-order valence-corrected chi connectivity index (χ1v) is 7.33. The Labute approximate surface area is 117 Å². The van der Waals surface area contributed by atoms with E-state index < -0.39 is 0 Å². The summed E-state index contributed by atoms with van der Waals surface area (Å²) in [7, 11) is 2.21. The topological polar surface area (TPSA) is 12.5 Å². The SMILES string of the molecule is CCOC1(C)C(c2ccccc2)CCN(C)C1(C)C. The van der Waals surface area contributed by atoms with E-state index in [0.29, 0.717) is 5.92 Å². The second-order valence-corrected chi connectivity index (χ2v) is 6.27. The molecule has 0 aliphatic carbocycles. The van der Waals surface area contributed by atoms with Crippen LogP contribution in [0.4, 0.5) is 0 Å². The summed E-state index contributed by atoms with van der Waals surface area (Å²) in [6.45, 7) is 10.9. The molecule has 2 heteroatoms. The van der Waals surface area contributed by atoms with Gasteiger partial charge in [0.25, 0.3) is 0 Å². The van der Waals surface area contributed by atoms with Crippen LogP contribution in [-0.2, 0) is 4.74 Å².